The SMILES string of the molecule is CO[C@H](C)c1noc(CN2CCCN(C(=O)[C@H]3C[C@@H]3C)CC2)n1. The number of methoxy groups -OCH3 is 1. The van der Waals surface area contributed by atoms with E-state index in [0.29, 0.717) is 30.1 Å². The largest absolute Gasteiger partial charge is 0.374 e. The van der Waals surface area contributed by atoms with Gasteiger partial charge in [0, 0.05) is 39.2 Å². The first-order valence-corrected chi connectivity index (χ1v) is 8.45. The molecule has 1 aliphatic heterocycles. The van der Waals surface area contributed by atoms with Crippen molar-refractivity contribution in [2.45, 2.75) is 39.3 Å². The van der Waals surface area contributed by atoms with Crippen LogP contribution in [0.4, 0.5) is 0 Å². The highest BCUT2D eigenvalue weighted by Gasteiger charge is 2.41. The third kappa shape index (κ3) is 3.90. The van der Waals surface area contributed by atoms with Crippen molar-refractivity contribution in [3.63, 3.8) is 0 Å². The molecule has 1 saturated heterocycles. The molecule has 3 atom stereocenters. The Morgan fingerprint density at radius 1 is 1.39 bits per heavy atom. The third-order valence-electron chi connectivity index (χ3n) is 4.89. The van der Waals surface area contributed by atoms with Gasteiger partial charge in [0.1, 0.15) is 6.10 Å². The van der Waals surface area contributed by atoms with Gasteiger partial charge in [-0.2, -0.15) is 4.98 Å². The Labute approximate surface area is 137 Å². The average Bonchev–Trinajstić information content (AvgIpc) is 3.18. The molecule has 7 nitrogen and oxygen atoms in total. The third-order valence-corrected chi connectivity index (χ3v) is 4.89. The molecule has 0 radical (unpaired) electrons. The summed E-state index contributed by atoms with van der Waals surface area (Å²) in [7, 11) is 1.63. The number of rotatable bonds is 5. The number of aromatic nitrogens is 2. The van der Waals surface area contributed by atoms with Crippen molar-refractivity contribution in [3.05, 3.63) is 11.7 Å². The molecule has 0 bridgehead atoms. The van der Waals surface area contributed by atoms with E-state index in [1.165, 1.54) is 0 Å². The Kier molecular flexibility index (Phi) is 4.96. The monoisotopic (exact) mass is 322 g/mol. The zero-order chi connectivity index (χ0) is 16.4. The van der Waals surface area contributed by atoms with Crippen molar-refractivity contribution in [1.82, 2.24) is 19.9 Å². The molecule has 0 N–H and O–H groups in total. The molecule has 0 unspecified atom stereocenters. The van der Waals surface area contributed by atoms with Gasteiger partial charge in [-0.1, -0.05) is 12.1 Å². The fourth-order valence-electron chi connectivity index (χ4n) is 3.04. The second kappa shape index (κ2) is 6.97. The number of nitrogens with zero attached hydrogens (tertiary/aromatic N) is 4. The van der Waals surface area contributed by atoms with Crippen molar-refractivity contribution in [2.75, 3.05) is 33.3 Å². The lowest BCUT2D eigenvalue weighted by molar-refractivity contribution is -0.132. The molecule has 2 heterocycles. The van der Waals surface area contributed by atoms with Crippen LogP contribution in [0.2, 0.25) is 0 Å². The molecule has 128 valence electrons. The van der Waals surface area contributed by atoms with Crippen molar-refractivity contribution in [1.29, 1.82) is 0 Å². The topological polar surface area (TPSA) is 71.7 Å². The molecule has 3 rings (SSSR count). The number of ether oxygens (including phenoxy) is 1. The van der Waals surface area contributed by atoms with E-state index in [2.05, 4.69) is 22.0 Å². The molecule has 1 aliphatic carbocycles. The van der Waals surface area contributed by atoms with Crippen LogP contribution in [0, 0.1) is 11.8 Å². The van der Waals surface area contributed by atoms with Gasteiger partial charge in [-0.3, -0.25) is 9.69 Å². The summed E-state index contributed by atoms with van der Waals surface area (Å²) in [4.78, 5) is 21.0. The van der Waals surface area contributed by atoms with E-state index in [1.54, 1.807) is 7.11 Å². The Morgan fingerprint density at radius 3 is 2.87 bits per heavy atom. The molecular weight excluding hydrogens is 296 g/mol. The van der Waals surface area contributed by atoms with E-state index >= 15 is 0 Å². The van der Waals surface area contributed by atoms with E-state index < -0.39 is 0 Å². The maximum Gasteiger partial charge on any atom is 0.240 e. The summed E-state index contributed by atoms with van der Waals surface area (Å²) in [5.74, 6) is 2.38. The predicted octanol–water partition coefficient (Wildman–Crippen LogP) is 1.47. The minimum absolute atomic E-state index is 0.162. The zero-order valence-electron chi connectivity index (χ0n) is 14.2. The van der Waals surface area contributed by atoms with Crippen LogP contribution < -0.4 is 0 Å². The Balaban J connectivity index is 1.52. The van der Waals surface area contributed by atoms with Crippen LogP contribution in [0.1, 0.15) is 44.5 Å². The van der Waals surface area contributed by atoms with Gasteiger partial charge in [-0.15, -0.1) is 0 Å². The average molecular weight is 322 g/mol. The maximum absolute atomic E-state index is 12.4. The van der Waals surface area contributed by atoms with E-state index in [4.69, 9.17) is 9.26 Å². The molecule has 1 amide bonds. The highest BCUT2D eigenvalue weighted by molar-refractivity contribution is 5.81. The molecule has 2 fully saturated rings. The van der Waals surface area contributed by atoms with Crippen molar-refractivity contribution in [2.24, 2.45) is 11.8 Å². The molecule has 2 aliphatic rings. The van der Waals surface area contributed by atoms with E-state index in [0.717, 1.165) is 39.0 Å². The standard InChI is InChI=1S/C16H26N4O3/c1-11-9-13(11)16(21)20-6-4-5-19(7-8-20)10-14-17-15(18-23-14)12(2)22-3/h11-13H,4-10H2,1-3H3/t11-,12+,13-/m0/s1. The highest BCUT2D eigenvalue weighted by Crippen LogP contribution is 2.39. The molecule has 7 heteroatoms. The number of carbonyl (C=O) groups excluding carboxylic acids is 1. The van der Waals surface area contributed by atoms with Crippen LogP contribution in [0.15, 0.2) is 4.52 Å². The normalized spacial score (nSPS) is 26.8. The van der Waals surface area contributed by atoms with E-state index in [-0.39, 0.29) is 12.0 Å². The van der Waals surface area contributed by atoms with Gasteiger partial charge in [0.2, 0.25) is 11.8 Å². The minimum Gasteiger partial charge on any atom is -0.374 e. The van der Waals surface area contributed by atoms with Crippen LogP contribution in [0.5, 0.6) is 0 Å². The molecular formula is C16H26N4O3. The van der Waals surface area contributed by atoms with Crippen LogP contribution >= 0.6 is 0 Å². The number of carbonyl (C=O) groups is 1. The summed E-state index contributed by atoms with van der Waals surface area (Å²) in [5, 5.41) is 3.96. The maximum atomic E-state index is 12.4. The van der Waals surface area contributed by atoms with Gasteiger partial charge in [-0.05, 0) is 25.7 Å². The van der Waals surface area contributed by atoms with E-state index in [1.807, 2.05) is 11.8 Å². The van der Waals surface area contributed by atoms with Crippen molar-refractivity contribution < 1.29 is 14.1 Å². The van der Waals surface area contributed by atoms with Gasteiger partial charge < -0.3 is 14.2 Å². The van der Waals surface area contributed by atoms with Gasteiger partial charge >= 0.3 is 0 Å². The fraction of sp³-hybridized carbons (Fsp3) is 0.812. The summed E-state index contributed by atoms with van der Waals surface area (Å²) < 4.78 is 10.5. The summed E-state index contributed by atoms with van der Waals surface area (Å²) in [6, 6.07) is 0. The lowest BCUT2D eigenvalue weighted by Crippen LogP contribution is -2.36. The van der Waals surface area contributed by atoms with Gasteiger partial charge in [-0.25, -0.2) is 0 Å². The smallest absolute Gasteiger partial charge is 0.240 e. The molecule has 1 aromatic heterocycles. The molecule has 1 saturated carbocycles. The summed E-state index contributed by atoms with van der Waals surface area (Å²) in [6.45, 7) is 8.12. The Hall–Kier alpha value is -1.47. The van der Waals surface area contributed by atoms with Gasteiger partial charge in [0.25, 0.3) is 0 Å². The van der Waals surface area contributed by atoms with Crippen LogP contribution in [0.25, 0.3) is 0 Å². The predicted molar refractivity (Wildman–Crippen MR) is 83.5 cm³/mol. The Bertz CT molecular complexity index is 547. The van der Waals surface area contributed by atoms with Crippen LogP contribution in [-0.4, -0.2) is 59.1 Å². The fourth-order valence-corrected chi connectivity index (χ4v) is 3.04. The second-order valence-electron chi connectivity index (χ2n) is 6.70. The lowest BCUT2D eigenvalue weighted by atomic mass is 10.3. The highest BCUT2D eigenvalue weighted by atomic mass is 16.5. The molecule has 0 aromatic carbocycles. The number of amides is 1. The molecule has 0 spiro atoms. The number of hydrogen-bond donors (Lipinski definition) is 0. The summed E-state index contributed by atoms with van der Waals surface area (Å²) in [5.41, 5.74) is 0. The van der Waals surface area contributed by atoms with E-state index in [9.17, 15) is 4.79 Å². The Morgan fingerprint density at radius 2 is 2.17 bits per heavy atom. The summed E-state index contributed by atoms with van der Waals surface area (Å²) in [6.07, 6.45) is 1.88. The minimum atomic E-state index is -0.162. The van der Waals surface area contributed by atoms with Gasteiger partial charge in [0.05, 0.1) is 6.54 Å². The number of hydrogen-bond acceptors (Lipinski definition) is 6. The van der Waals surface area contributed by atoms with Crippen molar-refractivity contribution in [3.8, 4) is 0 Å². The summed E-state index contributed by atoms with van der Waals surface area (Å²) >= 11 is 0. The van der Waals surface area contributed by atoms with Crippen molar-refractivity contribution >= 4 is 5.91 Å². The molecule has 1 aromatic rings. The second-order valence-corrected chi connectivity index (χ2v) is 6.70. The van der Waals surface area contributed by atoms with Gasteiger partial charge in [0.15, 0.2) is 5.82 Å². The zero-order valence-corrected chi connectivity index (χ0v) is 14.2. The molecule has 23 heavy (non-hydrogen) atoms. The van der Waals surface area contributed by atoms with Crippen LogP contribution in [-0.2, 0) is 16.1 Å². The first kappa shape index (κ1) is 16.4. The lowest BCUT2D eigenvalue weighted by Gasteiger charge is -2.21. The first-order valence-electron chi connectivity index (χ1n) is 8.45. The van der Waals surface area contributed by atoms with Crippen LogP contribution in [0.3, 0.4) is 0 Å². The quantitative estimate of drug-likeness (QED) is 0.817. The first-order chi connectivity index (χ1) is 11.1.